The van der Waals surface area contributed by atoms with Crippen LogP contribution in [-0.4, -0.2) is 43.5 Å². The molecule has 1 aliphatic carbocycles. The molecule has 0 heterocycles. The Balaban J connectivity index is 2.07. The molecule has 0 aromatic rings. The van der Waals surface area contributed by atoms with Crippen molar-refractivity contribution in [2.45, 2.75) is 57.8 Å². The van der Waals surface area contributed by atoms with Gasteiger partial charge in [-0.1, -0.05) is 0 Å². The van der Waals surface area contributed by atoms with E-state index in [2.05, 4.69) is 10.1 Å². The van der Waals surface area contributed by atoms with Crippen molar-refractivity contribution in [3.63, 3.8) is 0 Å². The van der Waals surface area contributed by atoms with E-state index in [1.165, 1.54) is 7.11 Å². The summed E-state index contributed by atoms with van der Waals surface area (Å²) in [5, 5.41) is 2.78. The third-order valence-corrected chi connectivity index (χ3v) is 2.70. The third kappa shape index (κ3) is 6.42. The number of carbonyl (C=O) groups excluding carboxylic acids is 2. The molecule has 6 nitrogen and oxygen atoms in total. The van der Waals surface area contributed by atoms with Gasteiger partial charge in [0.25, 0.3) is 0 Å². The Labute approximate surface area is 113 Å². The quantitative estimate of drug-likeness (QED) is 0.770. The Hall–Kier alpha value is -1.30. The van der Waals surface area contributed by atoms with Crippen molar-refractivity contribution < 1.29 is 23.8 Å². The van der Waals surface area contributed by atoms with Crippen molar-refractivity contribution in [2.75, 3.05) is 13.7 Å². The molecule has 1 rings (SSSR count). The highest BCUT2D eigenvalue weighted by molar-refractivity contribution is 5.69. The zero-order chi connectivity index (χ0) is 14.5. The number of esters is 1. The normalized spacial score (nSPS) is 22.3. The van der Waals surface area contributed by atoms with Crippen LogP contribution in [0, 0.1) is 0 Å². The van der Waals surface area contributed by atoms with Gasteiger partial charge in [0.15, 0.2) is 0 Å². The number of alkyl carbamates (subject to hydrolysis) is 1. The van der Waals surface area contributed by atoms with Crippen LogP contribution < -0.4 is 5.32 Å². The summed E-state index contributed by atoms with van der Waals surface area (Å²) in [5.74, 6) is -0.275. The van der Waals surface area contributed by atoms with Crippen molar-refractivity contribution >= 4 is 12.1 Å². The van der Waals surface area contributed by atoms with Gasteiger partial charge in [0, 0.05) is 6.04 Å². The van der Waals surface area contributed by atoms with Gasteiger partial charge in [-0.3, -0.25) is 4.79 Å². The molecule has 110 valence electrons. The summed E-state index contributed by atoms with van der Waals surface area (Å²) < 4.78 is 15.1. The minimum absolute atomic E-state index is 0.0953. The van der Waals surface area contributed by atoms with Crippen LogP contribution in [0.4, 0.5) is 4.79 Å². The van der Waals surface area contributed by atoms with Crippen LogP contribution in [-0.2, 0) is 19.0 Å². The standard InChI is InChI=1S/C13H23NO5/c1-13(2,3)19-12(16)14-9-7-10(8-9)18-6-5-11(15)17-4/h9-10H,5-8H2,1-4H3,(H,14,16)/t9-,10-. The molecule has 0 aliphatic heterocycles. The van der Waals surface area contributed by atoms with Gasteiger partial charge in [0.05, 0.1) is 26.2 Å². The summed E-state index contributed by atoms with van der Waals surface area (Å²) in [4.78, 5) is 22.3. The molecule has 1 saturated carbocycles. The lowest BCUT2D eigenvalue weighted by Crippen LogP contribution is -2.49. The number of methoxy groups -OCH3 is 1. The second-order valence-electron chi connectivity index (χ2n) is 5.63. The second-order valence-corrected chi connectivity index (χ2v) is 5.63. The highest BCUT2D eigenvalue weighted by atomic mass is 16.6. The molecule has 1 aliphatic rings. The molecule has 0 aromatic carbocycles. The van der Waals surface area contributed by atoms with Gasteiger partial charge in [-0.15, -0.1) is 0 Å². The fourth-order valence-electron chi connectivity index (χ4n) is 1.70. The Morgan fingerprint density at radius 2 is 1.89 bits per heavy atom. The summed E-state index contributed by atoms with van der Waals surface area (Å²) in [7, 11) is 1.35. The molecule has 0 bridgehead atoms. The number of amides is 1. The van der Waals surface area contributed by atoms with Gasteiger partial charge in [-0.25, -0.2) is 4.79 Å². The minimum Gasteiger partial charge on any atom is -0.469 e. The fraction of sp³-hybridized carbons (Fsp3) is 0.846. The van der Waals surface area contributed by atoms with Crippen LogP contribution in [0.15, 0.2) is 0 Å². The molecule has 0 unspecified atom stereocenters. The predicted molar refractivity (Wildman–Crippen MR) is 68.8 cm³/mol. The van der Waals surface area contributed by atoms with Gasteiger partial charge in [-0.2, -0.15) is 0 Å². The van der Waals surface area contributed by atoms with Crippen LogP contribution in [0.25, 0.3) is 0 Å². The number of nitrogens with one attached hydrogen (secondary N) is 1. The van der Waals surface area contributed by atoms with Gasteiger partial charge in [0.1, 0.15) is 5.60 Å². The molecule has 0 spiro atoms. The lowest BCUT2D eigenvalue weighted by Gasteiger charge is -2.35. The van der Waals surface area contributed by atoms with E-state index in [0.717, 1.165) is 12.8 Å². The van der Waals surface area contributed by atoms with Gasteiger partial charge in [0.2, 0.25) is 0 Å². The zero-order valence-corrected chi connectivity index (χ0v) is 12.0. The van der Waals surface area contributed by atoms with E-state index in [9.17, 15) is 9.59 Å². The second kappa shape index (κ2) is 6.75. The smallest absolute Gasteiger partial charge is 0.407 e. The largest absolute Gasteiger partial charge is 0.469 e. The molecule has 19 heavy (non-hydrogen) atoms. The molecule has 0 saturated heterocycles. The monoisotopic (exact) mass is 273 g/mol. The Bertz CT molecular complexity index is 317. The van der Waals surface area contributed by atoms with Gasteiger partial charge < -0.3 is 19.5 Å². The van der Waals surface area contributed by atoms with Gasteiger partial charge >= 0.3 is 12.1 Å². The summed E-state index contributed by atoms with van der Waals surface area (Å²) in [5.41, 5.74) is -0.482. The number of ether oxygens (including phenoxy) is 3. The number of carbonyl (C=O) groups is 2. The topological polar surface area (TPSA) is 73.9 Å². The summed E-state index contributed by atoms with van der Waals surface area (Å²) in [6.07, 6.45) is 1.47. The zero-order valence-electron chi connectivity index (χ0n) is 12.0. The van der Waals surface area contributed by atoms with Crippen molar-refractivity contribution in [3.8, 4) is 0 Å². The maximum Gasteiger partial charge on any atom is 0.407 e. The SMILES string of the molecule is COC(=O)CCO[C@H]1C[C@H](NC(=O)OC(C)(C)C)C1. The van der Waals surface area contributed by atoms with E-state index in [0.29, 0.717) is 6.61 Å². The third-order valence-electron chi connectivity index (χ3n) is 2.70. The van der Waals surface area contributed by atoms with Crippen molar-refractivity contribution in [2.24, 2.45) is 0 Å². The highest BCUT2D eigenvalue weighted by Gasteiger charge is 2.32. The van der Waals surface area contributed by atoms with E-state index in [1.54, 1.807) is 0 Å². The predicted octanol–water partition coefficient (Wildman–Crippen LogP) is 1.62. The molecule has 0 aromatic heterocycles. The van der Waals surface area contributed by atoms with E-state index in [4.69, 9.17) is 9.47 Å². The molecule has 6 heteroatoms. The van der Waals surface area contributed by atoms with Crippen LogP contribution in [0.5, 0.6) is 0 Å². The number of hydrogen-bond acceptors (Lipinski definition) is 5. The molecule has 0 radical (unpaired) electrons. The van der Waals surface area contributed by atoms with E-state index in [1.807, 2.05) is 20.8 Å². The maximum absolute atomic E-state index is 11.5. The number of rotatable bonds is 5. The van der Waals surface area contributed by atoms with Crippen molar-refractivity contribution in [1.29, 1.82) is 0 Å². The summed E-state index contributed by atoms with van der Waals surface area (Å²) in [6.45, 7) is 5.83. The van der Waals surface area contributed by atoms with Crippen molar-refractivity contribution in [3.05, 3.63) is 0 Å². The van der Waals surface area contributed by atoms with E-state index < -0.39 is 11.7 Å². The minimum atomic E-state index is -0.482. The Morgan fingerprint density at radius 3 is 2.42 bits per heavy atom. The van der Waals surface area contributed by atoms with E-state index in [-0.39, 0.29) is 24.5 Å². The van der Waals surface area contributed by atoms with Crippen LogP contribution in [0.3, 0.4) is 0 Å². The van der Waals surface area contributed by atoms with E-state index >= 15 is 0 Å². The first-order valence-electron chi connectivity index (χ1n) is 6.48. The summed E-state index contributed by atoms with van der Waals surface area (Å²) in [6, 6.07) is 0.0953. The molecular weight excluding hydrogens is 250 g/mol. The molecule has 0 atom stereocenters. The van der Waals surface area contributed by atoms with Crippen LogP contribution >= 0.6 is 0 Å². The average molecular weight is 273 g/mol. The highest BCUT2D eigenvalue weighted by Crippen LogP contribution is 2.24. The lowest BCUT2D eigenvalue weighted by atomic mass is 9.89. The maximum atomic E-state index is 11.5. The first-order valence-corrected chi connectivity index (χ1v) is 6.48. The molecule has 1 fully saturated rings. The van der Waals surface area contributed by atoms with Gasteiger partial charge in [-0.05, 0) is 33.6 Å². The molecular formula is C13H23NO5. The van der Waals surface area contributed by atoms with Crippen LogP contribution in [0.2, 0.25) is 0 Å². The fourth-order valence-corrected chi connectivity index (χ4v) is 1.70. The number of hydrogen-bond donors (Lipinski definition) is 1. The Kier molecular flexibility index (Phi) is 5.60. The lowest BCUT2D eigenvalue weighted by molar-refractivity contribution is -0.142. The first-order chi connectivity index (χ1) is 8.80. The Morgan fingerprint density at radius 1 is 1.26 bits per heavy atom. The van der Waals surface area contributed by atoms with Crippen LogP contribution in [0.1, 0.15) is 40.0 Å². The first kappa shape index (κ1) is 15.8. The van der Waals surface area contributed by atoms with Crippen molar-refractivity contribution in [1.82, 2.24) is 5.32 Å². The average Bonchev–Trinajstić information content (AvgIpc) is 2.22. The molecule has 1 N–H and O–H groups in total. The summed E-state index contributed by atoms with van der Waals surface area (Å²) >= 11 is 0. The molecule has 1 amide bonds.